The molecule has 0 heterocycles. The summed E-state index contributed by atoms with van der Waals surface area (Å²) < 4.78 is 5.05. The molecule has 1 N–H and O–H groups in total. The average molecular weight is 327 g/mol. The van der Waals surface area contributed by atoms with Crippen molar-refractivity contribution < 1.29 is 14.6 Å². The number of carboxylic acid groups (broad SMARTS) is 1. The molecule has 0 aromatic carbocycles. The lowest BCUT2D eigenvalue weighted by Crippen LogP contribution is -1.93. The van der Waals surface area contributed by atoms with E-state index in [9.17, 15) is 4.79 Å². The van der Waals surface area contributed by atoms with Crippen molar-refractivity contribution in [3.63, 3.8) is 0 Å². The van der Waals surface area contributed by atoms with Crippen LogP contribution in [0.3, 0.4) is 0 Å². The smallest absolute Gasteiger partial charge is 0.303 e. The number of aliphatic carboxylic acids is 1. The van der Waals surface area contributed by atoms with Gasteiger partial charge in [0, 0.05) is 20.1 Å². The Bertz CT molecular complexity index is 274. The molecule has 23 heavy (non-hydrogen) atoms. The minimum absolute atomic E-state index is 0.326. The first-order valence-corrected chi connectivity index (χ1v) is 9.63. The molecule has 136 valence electrons. The Morgan fingerprint density at radius 2 is 1.17 bits per heavy atom. The maximum Gasteiger partial charge on any atom is 0.303 e. The molecule has 0 unspecified atom stereocenters. The van der Waals surface area contributed by atoms with Crippen LogP contribution in [0.5, 0.6) is 0 Å². The number of unbranched alkanes of at least 4 members (excludes halogenated alkanes) is 12. The molecule has 0 saturated carbocycles. The zero-order valence-electron chi connectivity index (χ0n) is 15.2. The highest BCUT2D eigenvalue weighted by Gasteiger charge is 1.96. The van der Waals surface area contributed by atoms with Gasteiger partial charge in [-0.2, -0.15) is 0 Å². The first-order chi connectivity index (χ1) is 11.3. The molecule has 0 fully saturated rings. The summed E-state index contributed by atoms with van der Waals surface area (Å²) in [6, 6.07) is 0. The molecule has 0 atom stereocenters. The number of carbonyl (C=O) groups is 1. The van der Waals surface area contributed by atoms with Crippen molar-refractivity contribution in [1.82, 2.24) is 0 Å². The van der Waals surface area contributed by atoms with E-state index in [1.165, 1.54) is 77.0 Å². The number of hydrogen-bond donors (Lipinski definition) is 1. The molecule has 0 aliphatic carbocycles. The highest BCUT2D eigenvalue weighted by Crippen LogP contribution is 2.10. The minimum Gasteiger partial charge on any atom is -0.481 e. The standard InChI is InChI=1S/C20H38O3/c1-23-19-17-15-13-11-9-7-5-3-2-4-6-8-10-12-14-16-18-20(21)22/h2,4H,3,5-19H2,1H3,(H,21,22). The van der Waals surface area contributed by atoms with Gasteiger partial charge in [-0.25, -0.2) is 0 Å². The fraction of sp³-hybridized carbons (Fsp3) is 0.850. The maximum atomic E-state index is 10.4. The van der Waals surface area contributed by atoms with Crippen LogP contribution in [0.2, 0.25) is 0 Å². The molecule has 0 radical (unpaired) electrons. The first-order valence-electron chi connectivity index (χ1n) is 9.63. The number of rotatable bonds is 18. The van der Waals surface area contributed by atoms with Gasteiger partial charge in [0.25, 0.3) is 0 Å². The number of ether oxygens (including phenoxy) is 1. The van der Waals surface area contributed by atoms with E-state index in [0.717, 1.165) is 19.4 Å². The Morgan fingerprint density at radius 1 is 0.739 bits per heavy atom. The summed E-state index contributed by atoms with van der Waals surface area (Å²) in [5.74, 6) is -0.668. The SMILES string of the molecule is COCCCCCCCCCC=CCCCCCCCC(=O)O. The van der Waals surface area contributed by atoms with Crippen LogP contribution >= 0.6 is 0 Å². The fourth-order valence-electron chi connectivity index (χ4n) is 2.70. The van der Waals surface area contributed by atoms with Gasteiger partial charge in [-0.05, 0) is 38.5 Å². The summed E-state index contributed by atoms with van der Waals surface area (Å²) in [6.07, 6.45) is 22.2. The Kier molecular flexibility index (Phi) is 18.5. The van der Waals surface area contributed by atoms with Crippen LogP contribution in [0.25, 0.3) is 0 Å². The van der Waals surface area contributed by atoms with Crippen molar-refractivity contribution in [3.05, 3.63) is 12.2 Å². The summed E-state index contributed by atoms with van der Waals surface area (Å²) in [5.41, 5.74) is 0. The topological polar surface area (TPSA) is 46.5 Å². The molecule has 3 heteroatoms. The number of methoxy groups -OCH3 is 1. The Balaban J connectivity index is 3.07. The second-order valence-corrected chi connectivity index (χ2v) is 6.43. The van der Waals surface area contributed by atoms with Crippen LogP contribution in [-0.2, 0) is 9.53 Å². The lowest BCUT2D eigenvalue weighted by molar-refractivity contribution is -0.137. The molecule has 0 aliphatic heterocycles. The van der Waals surface area contributed by atoms with E-state index in [0.29, 0.717) is 6.42 Å². The molecule has 0 saturated heterocycles. The third-order valence-electron chi connectivity index (χ3n) is 4.15. The van der Waals surface area contributed by atoms with Crippen molar-refractivity contribution >= 4 is 5.97 Å². The van der Waals surface area contributed by atoms with Gasteiger partial charge < -0.3 is 9.84 Å². The van der Waals surface area contributed by atoms with Gasteiger partial charge >= 0.3 is 5.97 Å². The Labute approximate surface area is 143 Å². The molecule has 3 nitrogen and oxygen atoms in total. The lowest BCUT2D eigenvalue weighted by atomic mass is 10.1. The van der Waals surface area contributed by atoms with Gasteiger partial charge in [-0.3, -0.25) is 4.79 Å². The van der Waals surface area contributed by atoms with Gasteiger partial charge in [-0.1, -0.05) is 63.5 Å². The third-order valence-corrected chi connectivity index (χ3v) is 4.15. The Morgan fingerprint density at radius 3 is 1.65 bits per heavy atom. The zero-order chi connectivity index (χ0) is 17.0. The molecule has 0 aromatic heterocycles. The van der Waals surface area contributed by atoms with Gasteiger partial charge in [0.05, 0.1) is 0 Å². The van der Waals surface area contributed by atoms with E-state index in [-0.39, 0.29) is 0 Å². The minimum atomic E-state index is -0.668. The van der Waals surface area contributed by atoms with E-state index >= 15 is 0 Å². The number of carboxylic acids is 1. The number of allylic oxidation sites excluding steroid dienone is 2. The van der Waals surface area contributed by atoms with E-state index in [2.05, 4.69) is 12.2 Å². The molecule has 0 aliphatic rings. The predicted octanol–water partition coefficient (Wildman–Crippen LogP) is 6.13. The van der Waals surface area contributed by atoms with Crippen molar-refractivity contribution in [2.24, 2.45) is 0 Å². The molecular weight excluding hydrogens is 288 g/mol. The summed E-state index contributed by atoms with van der Waals surface area (Å²) >= 11 is 0. The van der Waals surface area contributed by atoms with Crippen LogP contribution in [0.4, 0.5) is 0 Å². The van der Waals surface area contributed by atoms with E-state index in [1.807, 2.05) is 0 Å². The van der Waals surface area contributed by atoms with Crippen molar-refractivity contribution in [2.45, 2.75) is 96.3 Å². The summed E-state index contributed by atoms with van der Waals surface area (Å²) in [6.45, 7) is 0.910. The predicted molar refractivity (Wildman–Crippen MR) is 97.9 cm³/mol. The molecule has 0 aromatic rings. The molecule has 0 spiro atoms. The first kappa shape index (κ1) is 22.2. The molecular formula is C20H38O3. The second-order valence-electron chi connectivity index (χ2n) is 6.43. The normalized spacial score (nSPS) is 11.3. The van der Waals surface area contributed by atoms with Crippen molar-refractivity contribution in [1.29, 1.82) is 0 Å². The summed E-state index contributed by atoms with van der Waals surface area (Å²) in [5, 5.41) is 8.53. The van der Waals surface area contributed by atoms with Gasteiger partial charge in [0.1, 0.15) is 0 Å². The van der Waals surface area contributed by atoms with Gasteiger partial charge in [0.2, 0.25) is 0 Å². The molecule has 0 rings (SSSR count). The second kappa shape index (κ2) is 19.2. The number of hydrogen-bond acceptors (Lipinski definition) is 2. The van der Waals surface area contributed by atoms with Gasteiger partial charge in [-0.15, -0.1) is 0 Å². The van der Waals surface area contributed by atoms with E-state index in [4.69, 9.17) is 9.84 Å². The Hall–Kier alpha value is -0.830. The van der Waals surface area contributed by atoms with E-state index in [1.54, 1.807) is 7.11 Å². The van der Waals surface area contributed by atoms with Crippen molar-refractivity contribution in [3.8, 4) is 0 Å². The van der Waals surface area contributed by atoms with Gasteiger partial charge in [0.15, 0.2) is 0 Å². The summed E-state index contributed by atoms with van der Waals surface area (Å²) in [4.78, 5) is 10.4. The lowest BCUT2D eigenvalue weighted by Gasteiger charge is -2.01. The van der Waals surface area contributed by atoms with E-state index < -0.39 is 5.97 Å². The summed E-state index contributed by atoms with van der Waals surface area (Å²) in [7, 11) is 1.77. The maximum absolute atomic E-state index is 10.4. The third kappa shape index (κ3) is 21.2. The van der Waals surface area contributed by atoms with Crippen LogP contribution in [0, 0.1) is 0 Å². The monoisotopic (exact) mass is 326 g/mol. The van der Waals surface area contributed by atoms with Crippen LogP contribution in [-0.4, -0.2) is 24.8 Å². The van der Waals surface area contributed by atoms with Crippen molar-refractivity contribution in [2.75, 3.05) is 13.7 Å². The largest absolute Gasteiger partial charge is 0.481 e. The van der Waals surface area contributed by atoms with Crippen LogP contribution in [0.1, 0.15) is 96.3 Å². The van der Waals surface area contributed by atoms with Crippen LogP contribution < -0.4 is 0 Å². The highest BCUT2D eigenvalue weighted by molar-refractivity contribution is 5.66. The molecule has 0 amide bonds. The quantitative estimate of drug-likeness (QED) is 0.243. The highest BCUT2D eigenvalue weighted by atomic mass is 16.5. The fourth-order valence-corrected chi connectivity index (χ4v) is 2.70. The molecule has 0 bridgehead atoms. The van der Waals surface area contributed by atoms with Crippen LogP contribution in [0.15, 0.2) is 12.2 Å². The average Bonchev–Trinajstić information content (AvgIpc) is 2.53. The zero-order valence-corrected chi connectivity index (χ0v) is 15.2.